The molecule has 1 aromatic heterocycles. The Morgan fingerprint density at radius 3 is 2.35 bits per heavy atom. The first kappa shape index (κ1) is 15.4. The zero-order chi connectivity index (χ0) is 12.7. The average molecular weight is 337 g/mol. The van der Waals surface area contributed by atoms with Crippen LogP contribution in [0.1, 0.15) is 45.4 Å². The lowest BCUT2D eigenvalue weighted by atomic mass is 9.83. The van der Waals surface area contributed by atoms with E-state index in [1.54, 1.807) is 0 Å². The maximum atomic E-state index is 4.42. The van der Waals surface area contributed by atoms with Crippen LogP contribution in [-0.2, 0) is 0 Å². The number of rotatable bonds is 8. The summed E-state index contributed by atoms with van der Waals surface area (Å²) < 4.78 is 5.34. The minimum atomic E-state index is 0.424. The van der Waals surface area contributed by atoms with Crippen molar-refractivity contribution < 1.29 is 0 Å². The molecular formula is C12H21BrN2S2. The molecule has 0 saturated heterocycles. The Labute approximate surface area is 121 Å². The Morgan fingerprint density at radius 1 is 1.29 bits per heavy atom. The lowest BCUT2D eigenvalue weighted by Gasteiger charge is -2.30. The van der Waals surface area contributed by atoms with Crippen molar-refractivity contribution in [3.63, 3.8) is 0 Å². The minimum absolute atomic E-state index is 0.424. The van der Waals surface area contributed by atoms with Crippen LogP contribution in [0.2, 0.25) is 0 Å². The maximum absolute atomic E-state index is 4.42. The van der Waals surface area contributed by atoms with E-state index < -0.39 is 0 Å². The SMILES string of the molecule is CCCC(CBr)(CCC)CSc1nc(C)ns1. The predicted molar refractivity (Wildman–Crippen MR) is 81.4 cm³/mol. The summed E-state index contributed by atoms with van der Waals surface area (Å²) in [5, 5.41) is 1.09. The van der Waals surface area contributed by atoms with Crippen molar-refractivity contribution >= 4 is 39.2 Å². The van der Waals surface area contributed by atoms with Crippen LogP contribution in [0.5, 0.6) is 0 Å². The lowest BCUT2D eigenvalue weighted by molar-refractivity contribution is 0.320. The summed E-state index contributed by atoms with van der Waals surface area (Å²) >= 11 is 7.10. The molecule has 0 aliphatic heterocycles. The molecule has 0 atom stereocenters. The van der Waals surface area contributed by atoms with Crippen LogP contribution in [0.25, 0.3) is 0 Å². The molecule has 17 heavy (non-hydrogen) atoms. The van der Waals surface area contributed by atoms with E-state index in [4.69, 9.17) is 0 Å². The lowest BCUT2D eigenvalue weighted by Crippen LogP contribution is -2.25. The van der Waals surface area contributed by atoms with Gasteiger partial charge in [-0.2, -0.15) is 4.37 Å². The molecule has 0 radical (unpaired) electrons. The smallest absolute Gasteiger partial charge is 0.170 e. The van der Waals surface area contributed by atoms with Crippen LogP contribution < -0.4 is 0 Å². The fourth-order valence-electron chi connectivity index (χ4n) is 2.05. The van der Waals surface area contributed by atoms with Crippen LogP contribution in [0.3, 0.4) is 0 Å². The van der Waals surface area contributed by atoms with Crippen molar-refractivity contribution in [3.8, 4) is 0 Å². The first-order valence-corrected chi connectivity index (χ1v) is 9.03. The molecule has 0 aliphatic carbocycles. The van der Waals surface area contributed by atoms with Crippen molar-refractivity contribution in [2.24, 2.45) is 5.41 Å². The highest BCUT2D eigenvalue weighted by atomic mass is 79.9. The summed E-state index contributed by atoms with van der Waals surface area (Å²) in [5.74, 6) is 2.04. The highest BCUT2D eigenvalue weighted by molar-refractivity contribution is 9.09. The Bertz CT molecular complexity index is 322. The van der Waals surface area contributed by atoms with E-state index >= 15 is 0 Å². The second kappa shape index (κ2) is 7.74. The van der Waals surface area contributed by atoms with Gasteiger partial charge in [0.15, 0.2) is 4.34 Å². The van der Waals surface area contributed by atoms with Crippen LogP contribution in [0.15, 0.2) is 4.34 Å². The van der Waals surface area contributed by atoms with E-state index in [2.05, 4.69) is 39.1 Å². The van der Waals surface area contributed by atoms with E-state index in [9.17, 15) is 0 Å². The highest BCUT2D eigenvalue weighted by Gasteiger charge is 2.27. The number of halogens is 1. The molecule has 0 aromatic carbocycles. The maximum Gasteiger partial charge on any atom is 0.170 e. The van der Waals surface area contributed by atoms with Crippen LogP contribution in [0.4, 0.5) is 0 Å². The predicted octanol–water partition coefficient (Wildman–Crippen LogP) is 4.92. The van der Waals surface area contributed by atoms with Gasteiger partial charge in [-0.25, -0.2) is 4.98 Å². The number of hydrogen-bond donors (Lipinski definition) is 0. The normalized spacial score (nSPS) is 12.0. The van der Waals surface area contributed by atoms with Gasteiger partial charge in [0, 0.05) is 11.1 Å². The summed E-state index contributed by atoms with van der Waals surface area (Å²) in [6.07, 6.45) is 5.08. The number of nitrogens with zero attached hydrogens (tertiary/aromatic N) is 2. The molecule has 1 rings (SSSR count). The summed E-state index contributed by atoms with van der Waals surface area (Å²) in [5.41, 5.74) is 0.424. The van der Waals surface area contributed by atoms with E-state index in [1.807, 2.05) is 18.7 Å². The zero-order valence-corrected chi connectivity index (χ0v) is 14.1. The first-order chi connectivity index (χ1) is 8.15. The monoisotopic (exact) mass is 336 g/mol. The summed E-state index contributed by atoms with van der Waals surface area (Å²) in [6.45, 7) is 6.50. The van der Waals surface area contributed by atoms with Crippen LogP contribution in [0, 0.1) is 12.3 Å². The largest absolute Gasteiger partial charge is 0.213 e. The van der Waals surface area contributed by atoms with E-state index in [-0.39, 0.29) is 0 Å². The molecule has 0 fully saturated rings. The van der Waals surface area contributed by atoms with Crippen molar-refractivity contribution in [2.75, 3.05) is 11.1 Å². The number of thioether (sulfide) groups is 1. The number of alkyl halides is 1. The van der Waals surface area contributed by atoms with Crippen LogP contribution >= 0.6 is 39.2 Å². The molecule has 5 heteroatoms. The van der Waals surface area contributed by atoms with E-state index in [0.29, 0.717) is 5.41 Å². The van der Waals surface area contributed by atoms with Crippen LogP contribution in [-0.4, -0.2) is 20.4 Å². The summed E-state index contributed by atoms with van der Waals surface area (Å²) in [4.78, 5) is 4.42. The molecule has 0 bridgehead atoms. The Balaban J connectivity index is 2.59. The van der Waals surface area contributed by atoms with Gasteiger partial charge in [-0.3, -0.25) is 0 Å². The van der Waals surface area contributed by atoms with Gasteiger partial charge < -0.3 is 0 Å². The highest BCUT2D eigenvalue weighted by Crippen LogP contribution is 2.38. The van der Waals surface area contributed by atoms with E-state index in [1.165, 1.54) is 37.2 Å². The molecule has 0 aliphatic rings. The Morgan fingerprint density at radius 2 is 1.94 bits per heavy atom. The molecule has 98 valence electrons. The van der Waals surface area contributed by atoms with Gasteiger partial charge in [0.25, 0.3) is 0 Å². The van der Waals surface area contributed by atoms with Gasteiger partial charge in [0.2, 0.25) is 0 Å². The number of aromatic nitrogens is 2. The van der Waals surface area contributed by atoms with Crippen molar-refractivity contribution in [2.45, 2.75) is 50.8 Å². The molecule has 2 nitrogen and oxygen atoms in total. The molecular weight excluding hydrogens is 316 g/mol. The second-order valence-corrected chi connectivity index (χ2v) is 7.06. The van der Waals surface area contributed by atoms with Gasteiger partial charge in [-0.1, -0.05) is 54.4 Å². The Hall–Kier alpha value is 0.390. The van der Waals surface area contributed by atoms with Gasteiger partial charge >= 0.3 is 0 Å². The third-order valence-corrected chi connectivity index (χ3v) is 6.32. The molecule has 0 spiro atoms. The standard InChI is InChI=1S/C12H21BrN2S2/c1-4-6-12(8-13,7-5-2)9-16-11-14-10(3)15-17-11/h4-9H2,1-3H3. The molecule has 0 saturated carbocycles. The molecule has 0 N–H and O–H groups in total. The fourth-order valence-corrected chi connectivity index (χ4v) is 5.02. The van der Waals surface area contributed by atoms with Gasteiger partial charge in [-0.05, 0) is 36.7 Å². The quantitative estimate of drug-likeness (QED) is 0.497. The van der Waals surface area contributed by atoms with Crippen molar-refractivity contribution in [3.05, 3.63) is 5.82 Å². The third-order valence-electron chi connectivity index (χ3n) is 2.85. The molecule has 1 aromatic rings. The topological polar surface area (TPSA) is 25.8 Å². The Kier molecular flexibility index (Phi) is 7.04. The van der Waals surface area contributed by atoms with Gasteiger partial charge in [0.1, 0.15) is 5.82 Å². The fraction of sp³-hybridized carbons (Fsp3) is 0.833. The van der Waals surface area contributed by atoms with Gasteiger partial charge in [-0.15, -0.1) is 0 Å². The second-order valence-electron chi connectivity index (χ2n) is 4.53. The minimum Gasteiger partial charge on any atom is -0.213 e. The molecule has 1 heterocycles. The third kappa shape index (κ3) is 4.87. The van der Waals surface area contributed by atoms with Gasteiger partial charge in [0.05, 0.1) is 0 Å². The summed E-state index contributed by atoms with van der Waals surface area (Å²) in [6, 6.07) is 0. The first-order valence-electron chi connectivity index (χ1n) is 6.15. The average Bonchev–Trinajstić information content (AvgIpc) is 2.73. The van der Waals surface area contributed by atoms with E-state index in [0.717, 1.165) is 21.2 Å². The summed E-state index contributed by atoms with van der Waals surface area (Å²) in [7, 11) is 0. The zero-order valence-electron chi connectivity index (χ0n) is 10.8. The van der Waals surface area contributed by atoms with Crippen molar-refractivity contribution in [1.29, 1.82) is 0 Å². The molecule has 0 unspecified atom stereocenters. The molecule has 0 amide bonds. The number of aryl methyl sites for hydroxylation is 1. The number of hydrogen-bond acceptors (Lipinski definition) is 4. The van der Waals surface area contributed by atoms with Crippen molar-refractivity contribution in [1.82, 2.24) is 9.36 Å².